The Morgan fingerprint density at radius 2 is 2.13 bits per heavy atom. The van der Waals surface area contributed by atoms with Crippen molar-refractivity contribution in [3.63, 3.8) is 0 Å². The van der Waals surface area contributed by atoms with Gasteiger partial charge in [0.1, 0.15) is 11.9 Å². The summed E-state index contributed by atoms with van der Waals surface area (Å²) in [5.41, 5.74) is 2.47. The van der Waals surface area contributed by atoms with Gasteiger partial charge in [-0.2, -0.15) is 5.10 Å². The molecule has 0 spiro atoms. The standard InChI is InChI=1S/C22H26N6O3/c1-14(16-9-21(29)24-12-16)31-22-17-13-27(2)26-19(17)10-18(25-22)15-3-4-20(23-11-15)28-5-7-30-8-6-28/h3-4,10-11,13-14,16H,5-9,12H2,1-2H3,(H,24,29)/t14?,16-/m1/s1. The van der Waals surface area contributed by atoms with Crippen LogP contribution in [0.5, 0.6) is 5.88 Å². The van der Waals surface area contributed by atoms with E-state index < -0.39 is 0 Å². The van der Waals surface area contributed by atoms with Gasteiger partial charge in [0, 0.05) is 57.0 Å². The van der Waals surface area contributed by atoms with E-state index in [0.29, 0.717) is 18.8 Å². The maximum absolute atomic E-state index is 11.6. The average molecular weight is 422 g/mol. The zero-order chi connectivity index (χ0) is 21.4. The van der Waals surface area contributed by atoms with Crippen LogP contribution in [0.2, 0.25) is 0 Å². The number of fused-ring (bicyclic) bond motifs is 1. The third-order valence-corrected chi connectivity index (χ3v) is 5.93. The van der Waals surface area contributed by atoms with Gasteiger partial charge in [-0.3, -0.25) is 9.48 Å². The Hall–Kier alpha value is -3.20. The lowest BCUT2D eigenvalue weighted by atomic mass is 10.0. The van der Waals surface area contributed by atoms with Crippen molar-refractivity contribution < 1.29 is 14.3 Å². The van der Waals surface area contributed by atoms with Crippen molar-refractivity contribution in [3.05, 3.63) is 30.6 Å². The second-order valence-electron chi connectivity index (χ2n) is 8.14. The molecule has 1 unspecified atom stereocenters. The van der Waals surface area contributed by atoms with Crippen LogP contribution in [0, 0.1) is 5.92 Å². The first-order valence-corrected chi connectivity index (χ1v) is 10.6. The first kappa shape index (κ1) is 19.7. The summed E-state index contributed by atoms with van der Waals surface area (Å²) in [6.45, 7) is 5.76. The fourth-order valence-corrected chi connectivity index (χ4v) is 4.09. The van der Waals surface area contributed by atoms with Gasteiger partial charge in [-0.15, -0.1) is 0 Å². The van der Waals surface area contributed by atoms with Crippen molar-refractivity contribution in [2.75, 3.05) is 37.7 Å². The number of pyridine rings is 2. The van der Waals surface area contributed by atoms with Crippen molar-refractivity contribution in [3.8, 4) is 17.1 Å². The molecule has 3 aromatic rings. The quantitative estimate of drug-likeness (QED) is 0.670. The molecule has 2 saturated heterocycles. The number of aromatic nitrogens is 4. The molecule has 5 rings (SSSR count). The molecule has 5 heterocycles. The van der Waals surface area contributed by atoms with Crippen LogP contribution in [-0.2, 0) is 16.6 Å². The second-order valence-corrected chi connectivity index (χ2v) is 8.14. The minimum Gasteiger partial charge on any atom is -0.474 e. The molecule has 2 fully saturated rings. The van der Waals surface area contributed by atoms with Gasteiger partial charge in [-0.05, 0) is 25.1 Å². The molecule has 3 aromatic heterocycles. The average Bonchev–Trinajstić information content (AvgIpc) is 3.39. The number of aryl methyl sites for hydroxylation is 1. The molecule has 0 saturated carbocycles. The summed E-state index contributed by atoms with van der Waals surface area (Å²) in [5, 5.41) is 8.28. The van der Waals surface area contributed by atoms with Crippen LogP contribution in [0.25, 0.3) is 22.2 Å². The molecule has 9 nitrogen and oxygen atoms in total. The third-order valence-electron chi connectivity index (χ3n) is 5.93. The van der Waals surface area contributed by atoms with E-state index in [1.165, 1.54) is 0 Å². The van der Waals surface area contributed by atoms with Crippen LogP contribution in [0.1, 0.15) is 13.3 Å². The number of ether oxygens (including phenoxy) is 2. The van der Waals surface area contributed by atoms with E-state index in [1.54, 1.807) is 4.68 Å². The van der Waals surface area contributed by atoms with E-state index in [9.17, 15) is 4.79 Å². The molecule has 0 aliphatic carbocycles. The van der Waals surface area contributed by atoms with E-state index >= 15 is 0 Å². The smallest absolute Gasteiger partial charge is 0.225 e. The normalized spacial score (nSPS) is 20.1. The fourth-order valence-electron chi connectivity index (χ4n) is 4.09. The number of amides is 1. The number of carbonyl (C=O) groups excluding carboxylic acids is 1. The van der Waals surface area contributed by atoms with Gasteiger partial charge in [0.2, 0.25) is 11.8 Å². The van der Waals surface area contributed by atoms with Gasteiger partial charge in [0.15, 0.2) is 0 Å². The molecule has 9 heteroatoms. The molecule has 1 N–H and O–H groups in total. The molecule has 0 bridgehead atoms. The first-order chi connectivity index (χ1) is 15.1. The Labute approximate surface area is 180 Å². The molecule has 2 atom stereocenters. The summed E-state index contributed by atoms with van der Waals surface area (Å²) in [7, 11) is 1.88. The van der Waals surface area contributed by atoms with Crippen LogP contribution in [0.4, 0.5) is 5.82 Å². The highest BCUT2D eigenvalue weighted by molar-refractivity contribution is 5.86. The minimum atomic E-state index is -0.146. The number of hydrogen-bond acceptors (Lipinski definition) is 7. The number of rotatable bonds is 5. The van der Waals surface area contributed by atoms with Crippen LogP contribution >= 0.6 is 0 Å². The number of hydrogen-bond donors (Lipinski definition) is 1. The van der Waals surface area contributed by atoms with Gasteiger partial charge in [0.25, 0.3) is 0 Å². The summed E-state index contributed by atoms with van der Waals surface area (Å²) in [5.74, 6) is 1.67. The van der Waals surface area contributed by atoms with E-state index in [4.69, 9.17) is 14.5 Å². The lowest BCUT2D eigenvalue weighted by molar-refractivity contribution is -0.119. The summed E-state index contributed by atoms with van der Waals surface area (Å²) in [6.07, 6.45) is 4.08. The van der Waals surface area contributed by atoms with Gasteiger partial charge < -0.3 is 19.7 Å². The molecular weight excluding hydrogens is 396 g/mol. The van der Waals surface area contributed by atoms with Crippen LogP contribution in [0.15, 0.2) is 30.6 Å². The van der Waals surface area contributed by atoms with Gasteiger partial charge in [0.05, 0.1) is 29.8 Å². The van der Waals surface area contributed by atoms with E-state index in [1.807, 2.05) is 44.6 Å². The Morgan fingerprint density at radius 3 is 2.84 bits per heavy atom. The van der Waals surface area contributed by atoms with Crippen molar-refractivity contribution in [1.29, 1.82) is 0 Å². The predicted molar refractivity (Wildman–Crippen MR) is 116 cm³/mol. The second kappa shape index (κ2) is 8.14. The number of carbonyl (C=O) groups is 1. The highest BCUT2D eigenvalue weighted by Gasteiger charge is 2.29. The third kappa shape index (κ3) is 4.05. The number of morpholine rings is 1. The molecule has 0 radical (unpaired) electrons. The SMILES string of the molecule is CC(Oc1nc(-c2ccc(N3CCOCC3)nc2)cc2nn(C)cc12)[C@H]1CNC(=O)C1. The topological polar surface area (TPSA) is 94.4 Å². The molecule has 2 aliphatic heterocycles. The lowest BCUT2D eigenvalue weighted by Crippen LogP contribution is -2.36. The number of anilines is 1. The molecule has 162 valence electrons. The Balaban J connectivity index is 1.44. The minimum absolute atomic E-state index is 0.0696. The largest absolute Gasteiger partial charge is 0.474 e. The van der Waals surface area contributed by atoms with Gasteiger partial charge >= 0.3 is 0 Å². The predicted octanol–water partition coefficient (Wildman–Crippen LogP) is 1.77. The summed E-state index contributed by atoms with van der Waals surface area (Å²) < 4.78 is 13.4. The van der Waals surface area contributed by atoms with Crippen LogP contribution < -0.4 is 15.0 Å². The zero-order valence-corrected chi connectivity index (χ0v) is 17.7. The van der Waals surface area contributed by atoms with Crippen LogP contribution in [0.3, 0.4) is 0 Å². The lowest BCUT2D eigenvalue weighted by Gasteiger charge is -2.27. The van der Waals surface area contributed by atoms with Crippen LogP contribution in [-0.4, -0.2) is 64.6 Å². The molecule has 1 amide bonds. The van der Waals surface area contributed by atoms with E-state index in [0.717, 1.165) is 54.3 Å². The van der Waals surface area contributed by atoms with E-state index in [2.05, 4.69) is 20.3 Å². The van der Waals surface area contributed by atoms with Crippen molar-refractivity contribution >= 4 is 22.6 Å². The highest BCUT2D eigenvalue weighted by atomic mass is 16.5. The maximum Gasteiger partial charge on any atom is 0.225 e. The molecular formula is C22H26N6O3. The summed E-state index contributed by atoms with van der Waals surface area (Å²) in [4.78, 5) is 23.3. The summed E-state index contributed by atoms with van der Waals surface area (Å²) >= 11 is 0. The molecule has 31 heavy (non-hydrogen) atoms. The van der Waals surface area contributed by atoms with Gasteiger partial charge in [-0.25, -0.2) is 9.97 Å². The number of nitrogens with zero attached hydrogens (tertiary/aromatic N) is 5. The molecule has 0 aromatic carbocycles. The number of nitrogens with one attached hydrogen (secondary N) is 1. The highest BCUT2D eigenvalue weighted by Crippen LogP contribution is 2.31. The molecule has 2 aliphatic rings. The Kier molecular flexibility index (Phi) is 5.19. The summed E-state index contributed by atoms with van der Waals surface area (Å²) in [6, 6.07) is 6.00. The van der Waals surface area contributed by atoms with Gasteiger partial charge in [-0.1, -0.05) is 0 Å². The first-order valence-electron chi connectivity index (χ1n) is 10.6. The Bertz CT molecular complexity index is 1090. The monoisotopic (exact) mass is 422 g/mol. The van der Waals surface area contributed by atoms with E-state index in [-0.39, 0.29) is 17.9 Å². The van der Waals surface area contributed by atoms with Crippen molar-refractivity contribution in [1.82, 2.24) is 25.1 Å². The van der Waals surface area contributed by atoms with Crippen molar-refractivity contribution in [2.45, 2.75) is 19.4 Å². The van der Waals surface area contributed by atoms with Crippen molar-refractivity contribution in [2.24, 2.45) is 13.0 Å². The maximum atomic E-state index is 11.6. The zero-order valence-electron chi connectivity index (χ0n) is 17.7. The fraction of sp³-hybridized carbons (Fsp3) is 0.455. The Morgan fingerprint density at radius 1 is 1.29 bits per heavy atom.